The van der Waals surface area contributed by atoms with E-state index in [-0.39, 0.29) is 12.0 Å². The molecule has 0 aromatic rings. The van der Waals surface area contributed by atoms with Crippen LogP contribution in [-0.2, 0) is 14.3 Å². The van der Waals surface area contributed by atoms with Crippen LogP contribution >= 0.6 is 0 Å². The first-order chi connectivity index (χ1) is 10.5. The van der Waals surface area contributed by atoms with Crippen molar-refractivity contribution in [3.05, 3.63) is 0 Å². The zero-order valence-electron chi connectivity index (χ0n) is 15.5. The highest BCUT2D eigenvalue weighted by molar-refractivity contribution is 5.73. The molecule has 0 saturated carbocycles. The van der Waals surface area contributed by atoms with Crippen LogP contribution in [0.5, 0.6) is 0 Å². The minimum Gasteiger partial charge on any atom is -0.480 e. The number of ether oxygens (including phenoxy) is 2. The van der Waals surface area contributed by atoms with Gasteiger partial charge in [-0.3, -0.25) is 9.69 Å². The van der Waals surface area contributed by atoms with E-state index >= 15 is 0 Å². The lowest BCUT2D eigenvalue weighted by Gasteiger charge is -2.27. The molecule has 136 valence electrons. The fraction of sp³-hybridized carbons (Fsp3) is 0.875. The number of likely N-dealkylation sites (N-methyl/N-ethyl adjacent to an activating group) is 2. The lowest BCUT2D eigenvalue weighted by molar-refractivity contribution is -0.144. The predicted molar refractivity (Wildman–Crippen MR) is 88.6 cm³/mol. The summed E-state index contributed by atoms with van der Waals surface area (Å²) in [5.74, 6) is -0.803. The van der Waals surface area contributed by atoms with E-state index in [1.54, 1.807) is 19.0 Å². The van der Waals surface area contributed by atoms with Crippen molar-refractivity contribution >= 4 is 12.1 Å². The summed E-state index contributed by atoms with van der Waals surface area (Å²) in [5.41, 5.74) is -0.516. The molecule has 0 spiro atoms. The molecule has 7 nitrogen and oxygen atoms in total. The van der Waals surface area contributed by atoms with Crippen LogP contribution in [0, 0.1) is 5.92 Å². The molecule has 0 aliphatic heterocycles. The van der Waals surface area contributed by atoms with Crippen LogP contribution in [0.3, 0.4) is 0 Å². The van der Waals surface area contributed by atoms with Crippen molar-refractivity contribution < 1.29 is 24.2 Å². The first-order valence-electron chi connectivity index (χ1n) is 7.90. The molecule has 0 heterocycles. The van der Waals surface area contributed by atoms with Crippen molar-refractivity contribution in [3.8, 4) is 0 Å². The lowest BCUT2D eigenvalue weighted by atomic mass is 10.0. The summed E-state index contributed by atoms with van der Waals surface area (Å²) in [6, 6.07) is -0.525. The molecule has 0 fully saturated rings. The Balaban J connectivity index is 4.00. The molecule has 1 unspecified atom stereocenters. The second-order valence-electron chi connectivity index (χ2n) is 7.02. The average molecular weight is 332 g/mol. The molecule has 0 aromatic heterocycles. The van der Waals surface area contributed by atoms with Gasteiger partial charge in [-0.25, -0.2) is 4.79 Å². The molecule has 1 N–H and O–H groups in total. The predicted octanol–water partition coefficient (Wildman–Crippen LogP) is 1.91. The molecule has 0 aliphatic rings. The van der Waals surface area contributed by atoms with E-state index < -0.39 is 17.6 Å². The highest BCUT2D eigenvalue weighted by Crippen LogP contribution is 2.10. The van der Waals surface area contributed by atoms with Gasteiger partial charge >= 0.3 is 12.1 Å². The Morgan fingerprint density at radius 3 is 2.04 bits per heavy atom. The number of hydrogen-bond acceptors (Lipinski definition) is 5. The maximum Gasteiger partial charge on any atom is 0.410 e. The maximum absolute atomic E-state index is 11.7. The zero-order chi connectivity index (χ0) is 18.2. The van der Waals surface area contributed by atoms with Crippen molar-refractivity contribution in [2.45, 2.75) is 46.3 Å². The molecular formula is C16H32N2O5. The molecule has 0 saturated heterocycles. The van der Waals surface area contributed by atoms with Crippen molar-refractivity contribution in [3.63, 3.8) is 0 Å². The van der Waals surface area contributed by atoms with Crippen LogP contribution in [0.25, 0.3) is 0 Å². The maximum atomic E-state index is 11.7. The molecule has 7 heteroatoms. The zero-order valence-corrected chi connectivity index (χ0v) is 15.5. The highest BCUT2D eigenvalue weighted by Gasteiger charge is 2.25. The number of aliphatic carboxylic acids is 1. The Morgan fingerprint density at radius 1 is 1.09 bits per heavy atom. The second kappa shape index (κ2) is 9.72. The van der Waals surface area contributed by atoms with E-state index in [0.29, 0.717) is 26.3 Å². The quantitative estimate of drug-likeness (QED) is 0.650. The van der Waals surface area contributed by atoms with E-state index in [2.05, 4.69) is 0 Å². The smallest absolute Gasteiger partial charge is 0.410 e. The molecule has 0 radical (unpaired) electrons. The Bertz CT molecular complexity index is 379. The summed E-state index contributed by atoms with van der Waals surface area (Å²) in [6.45, 7) is 10.9. The second-order valence-corrected chi connectivity index (χ2v) is 7.02. The third kappa shape index (κ3) is 9.40. The van der Waals surface area contributed by atoms with Gasteiger partial charge in [-0.1, -0.05) is 13.8 Å². The van der Waals surface area contributed by atoms with Crippen LogP contribution in [0.2, 0.25) is 0 Å². The monoisotopic (exact) mass is 332 g/mol. The highest BCUT2D eigenvalue weighted by atomic mass is 16.6. The Labute approximate surface area is 139 Å². The minimum atomic E-state index is -0.827. The van der Waals surface area contributed by atoms with Gasteiger partial charge in [-0.15, -0.1) is 0 Å². The molecule has 23 heavy (non-hydrogen) atoms. The van der Waals surface area contributed by atoms with Crippen molar-refractivity contribution in [2.75, 3.05) is 40.4 Å². The number of carboxylic acid groups (broad SMARTS) is 1. The Morgan fingerprint density at radius 2 is 1.61 bits per heavy atom. The number of carbonyl (C=O) groups is 2. The summed E-state index contributed by atoms with van der Waals surface area (Å²) in [5, 5.41) is 9.20. The van der Waals surface area contributed by atoms with Gasteiger partial charge in [0, 0.05) is 20.1 Å². The molecule has 1 amide bonds. The standard InChI is InChI=1S/C16H32N2O5/c1-12(2)13(14(19)20)17(6)8-10-22-11-9-18(7)15(21)23-16(3,4)5/h12-13H,8-11H2,1-7H3,(H,19,20). The summed E-state index contributed by atoms with van der Waals surface area (Å²) >= 11 is 0. The average Bonchev–Trinajstić information content (AvgIpc) is 2.34. The summed E-state index contributed by atoms with van der Waals surface area (Å²) in [7, 11) is 3.43. The number of nitrogens with zero attached hydrogens (tertiary/aromatic N) is 2. The largest absolute Gasteiger partial charge is 0.480 e. The molecular weight excluding hydrogens is 300 g/mol. The van der Waals surface area contributed by atoms with Gasteiger partial charge in [-0.2, -0.15) is 0 Å². The SMILES string of the molecule is CC(C)C(C(=O)O)N(C)CCOCCN(C)C(=O)OC(C)(C)C. The number of hydrogen-bond donors (Lipinski definition) is 1. The molecule has 0 bridgehead atoms. The van der Waals surface area contributed by atoms with Gasteiger partial charge in [0.1, 0.15) is 11.6 Å². The van der Waals surface area contributed by atoms with Gasteiger partial charge in [0.15, 0.2) is 0 Å². The van der Waals surface area contributed by atoms with Gasteiger partial charge in [0.25, 0.3) is 0 Å². The third-order valence-electron chi connectivity index (χ3n) is 3.22. The summed E-state index contributed by atoms with van der Waals surface area (Å²) < 4.78 is 10.7. The summed E-state index contributed by atoms with van der Waals surface area (Å²) in [6.07, 6.45) is -0.385. The van der Waals surface area contributed by atoms with Crippen molar-refractivity contribution in [2.24, 2.45) is 5.92 Å². The fourth-order valence-corrected chi connectivity index (χ4v) is 2.06. The molecule has 0 aliphatic carbocycles. The molecule has 0 rings (SSSR count). The van der Waals surface area contributed by atoms with Crippen molar-refractivity contribution in [1.29, 1.82) is 0 Å². The van der Waals surface area contributed by atoms with Gasteiger partial charge < -0.3 is 19.5 Å². The van der Waals surface area contributed by atoms with E-state index in [4.69, 9.17) is 9.47 Å². The van der Waals surface area contributed by atoms with E-state index in [1.807, 2.05) is 34.6 Å². The molecule has 1 atom stereocenters. The van der Waals surface area contributed by atoms with Crippen molar-refractivity contribution in [1.82, 2.24) is 9.80 Å². The van der Waals surface area contributed by atoms with Crippen LogP contribution in [0.15, 0.2) is 0 Å². The first-order valence-corrected chi connectivity index (χ1v) is 7.90. The van der Waals surface area contributed by atoms with E-state index in [1.165, 1.54) is 4.90 Å². The number of carbonyl (C=O) groups excluding carboxylic acids is 1. The fourth-order valence-electron chi connectivity index (χ4n) is 2.06. The van der Waals surface area contributed by atoms with Crippen LogP contribution in [0.1, 0.15) is 34.6 Å². The Kier molecular flexibility index (Phi) is 9.16. The van der Waals surface area contributed by atoms with Crippen LogP contribution in [0.4, 0.5) is 4.79 Å². The minimum absolute atomic E-state index is 0.0239. The van der Waals surface area contributed by atoms with Gasteiger partial charge in [0.05, 0.1) is 13.2 Å². The lowest BCUT2D eigenvalue weighted by Crippen LogP contribution is -2.44. The van der Waals surface area contributed by atoms with Gasteiger partial charge in [-0.05, 0) is 33.7 Å². The Hall–Kier alpha value is -1.34. The first kappa shape index (κ1) is 21.7. The van der Waals surface area contributed by atoms with Crippen LogP contribution in [-0.4, -0.2) is 79.0 Å². The summed E-state index contributed by atoms with van der Waals surface area (Å²) in [4.78, 5) is 26.2. The van der Waals surface area contributed by atoms with E-state index in [0.717, 1.165) is 0 Å². The van der Waals surface area contributed by atoms with Crippen LogP contribution < -0.4 is 0 Å². The number of amides is 1. The third-order valence-corrected chi connectivity index (χ3v) is 3.22. The van der Waals surface area contributed by atoms with E-state index in [9.17, 15) is 14.7 Å². The number of rotatable bonds is 9. The normalized spacial score (nSPS) is 13.3. The molecule has 0 aromatic carbocycles. The van der Waals surface area contributed by atoms with Gasteiger partial charge in [0.2, 0.25) is 0 Å². The topological polar surface area (TPSA) is 79.3 Å². The number of carboxylic acids is 1.